The van der Waals surface area contributed by atoms with Crippen LogP contribution in [0, 0.1) is 11.8 Å². The molecular formula is C31H32FNO3. The molecule has 0 aromatic heterocycles. The van der Waals surface area contributed by atoms with Crippen LogP contribution in [0.3, 0.4) is 0 Å². The SMILES string of the molecule is COC(=O)C1=C(F)C(C2CC(CNC(C)c3cccc4ccccc34)Oc3ccccc32)C(C)C=C1. The van der Waals surface area contributed by atoms with Gasteiger partial charge in [-0.3, -0.25) is 0 Å². The number of nitrogens with one attached hydrogen (secondary N) is 1. The number of rotatable bonds is 6. The first kappa shape index (κ1) is 24.3. The summed E-state index contributed by atoms with van der Waals surface area (Å²) in [5, 5.41) is 6.11. The molecule has 186 valence electrons. The lowest BCUT2D eigenvalue weighted by Crippen LogP contribution is -2.39. The van der Waals surface area contributed by atoms with Crippen LogP contribution in [0.4, 0.5) is 4.39 Å². The predicted molar refractivity (Wildman–Crippen MR) is 141 cm³/mol. The minimum Gasteiger partial charge on any atom is -0.489 e. The Labute approximate surface area is 211 Å². The maximum atomic E-state index is 15.8. The fourth-order valence-electron chi connectivity index (χ4n) is 5.72. The molecule has 1 heterocycles. The van der Waals surface area contributed by atoms with Gasteiger partial charge in [0.25, 0.3) is 0 Å². The molecule has 0 saturated heterocycles. The second-order valence-electron chi connectivity index (χ2n) is 9.82. The van der Waals surface area contributed by atoms with Crippen molar-refractivity contribution in [3.8, 4) is 5.75 Å². The van der Waals surface area contributed by atoms with Crippen molar-refractivity contribution in [1.29, 1.82) is 0 Å². The number of ether oxygens (including phenoxy) is 2. The first-order valence-corrected chi connectivity index (χ1v) is 12.6. The van der Waals surface area contributed by atoms with Crippen molar-refractivity contribution in [2.45, 2.75) is 38.3 Å². The Kier molecular flexibility index (Phi) is 6.92. The van der Waals surface area contributed by atoms with Gasteiger partial charge in [0, 0.05) is 24.4 Å². The summed E-state index contributed by atoms with van der Waals surface area (Å²) in [6.45, 7) is 4.79. The van der Waals surface area contributed by atoms with Gasteiger partial charge in [0.15, 0.2) is 0 Å². The average molecular weight is 486 g/mol. The quantitative estimate of drug-likeness (QED) is 0.398. The summed E-state index contributed by atoms with van der Waals surface area (Å²) < 4.78 is 27.0. The van der Waals surface area contributed by atoms with E-state index in [2.05, 4.69) is 54.7 Å². The summed E-state index contributed by atoms with van der Waals surface area (Å²) >= 11 is 0. The zero-order valence-electron chi connectivity index (χ0n) is 20.9. The maximum absolute atomic E-state index is 15.8. The molecule has 5 atom stereocenters. The van der Waals surface area contributed by atoms with E-state index in [1.54, 1.807) is 6.08 Å². The number of halogens is 1. The van der Waals surface area contributed by atoms with Crippen molar-refractivity contribution >= 4 is 16.7 Å². The molecule has 2 aliphatic rings. The van der Waals surface area contributed by atoms with Crippen molar-refractivity contribution in [1.82, 2.24) is 5.32 Å². The molecule has 5 rings (SSSR count). The highest BCUT2D eigenvalue weighted by Crippen LogP contribution is 2.48. The molecule has 0 bridgehead atoms. The average Bonchev–Trinajstić information content (AvgIpc) is 2.91. The first-order chi connectivity index (χ1) is 17.5. The van der Waals surface area contributed by atoms with Gasteiger partial charge < -0.3 is 14.8 Å². The number of esters is 1. The van der Waals surface area contributed by atoms with Crippen LogP contribution < -0.4 is 10.1 Å². The van der Waals surface area contributed by atoms with Crippen LogP contribution in [0.15, 0.2) is 90.3 Å². The van der Waals surface area contributed by atoms with Gasteiger partial charge in [0.1, 0.15) is 17.7 Å². The van der Waals surface area contributed by atoms with Crippen LogP contribution in [-0.4, -0.2) is 25.7 Å². The van der Waals surface area contributed by atoms with Crippen molar-refractivity contribution in [2.24, 2.45) is 11.8 Å². The number of carbonyl (C=O) groups excluding carboxylic acids is 1. The van der Waals surface area contributed by atoms with Gasteiger partial charge in [-0.2, -0.15) is 0 Å². The normalized spacial score (nSPS) is 24.2. The monoisotopic (exact) mass is 485 g/mol. The van der Waals surface area contributed by atoms with Crippen LogP contribution in [-0.2, 0) is 9.53 Å². The smallest absolute Gasteiger partial charge is 0.340 e. The Bertz CT molecular complexity index is 1320. The molecule has 3 aromatic carbocycles. The van der Waals surface area contributed by atoms with E-state index in [0.29, 0.717) is 13.0 Å². The Morgan fingerprint density at radius 1 is 1.11 bits per heavy atom. The van der Waals surface area contributed by atoms with E-state index in [0.717, 1.165) is 11.3 Å². The molecule has 0 fully saturated rings. The third-order valence-corrected chi connectivity index (χ3v) is 7.59. The van der Waals surface area contributed by atoms with Gasteiger partial charge in [0.05, 0.1) is 12.7 Å². The molecule has 36 heavy (non-hydrogen) atoms. The van der Waals surface area contributed by atoms with E-state index in [9.17, 15) is 4.79 Å². The lowest BCUT2D eigenvalue weighted by Gasteiger charge is -2.39. The lowest BCUT2D eigenvalue weighted by atomic mass is 9.71. The van der Waals surface area contributed by atoms with Crippen molar-refractivity contribution in [3.63, 3.8) is 0 Å². The molecular weight excluding hydrogens is 453 g/mol. The first-order valence-electron chi connectivity index (χ1n) is 12.6. The van der Waals surface area contributed by atoms with Gasteiger partial charge in [-0.15, -0.1) is 0 Å². The number of para-hydroxylation sites is 1. The zero-order chi connectivity index (χ0) is 25.2. The van der Waals surface area contributed by atoms with Crippen LogP contribution >= 0.6 is 0 Å². The van der Waals surface area contributed by atoms with Crippen molar-refractivity contribution < 1.29 is 18.7 Å². The highest BCUT2D eigenvalue weighted by Gasteiger charge is 2.40. The maximum Gasteiger partial charge on any atom is 0.340 e. The Hall–Kier alpha value is -3.44. The van der Waals surface area contributed by atoms with Gasteiger partial charge in [-0.25, -0.2) is 9.18 Å². The highest BCUT2D eigenvalue weighted by atomic mass is 19.1. The van der Waals surface area contributed by atoms with Crippen LogP contribution in [0.5, 0.6) is 5.75 Å². The third-order valence-electron chi connectivity index (χ3n) is 7.59. The lowest BCUT2D eigenvalue weighted by molar-refractivity contribution is -0.136. The van der Waals surface area contributed by atoms with E-state index in [4.69, 9.17) is 9.47 Å². The molecule has 0 amide bonds. The molecule has 5 unspecified atom stereocenters. The molecule has 0 saturated carbocycles. The molecule has 1 aliphatic heterocycles. The summed E-state index contributed by atoms with van der Waals surface area (Å²) in [7, 11) is 1.28. The summed E-state index contributed by atoms with van der Waals surface area (Å²) in [5.74, 6) is -0.871. The van der Waals surface area contributed by atoms with Gasteiger partial charge >= 0.3 is 5.97 Å². The van der Waals surface area contributed by atoms with Gasteiger partial charge in [-0.1, -0.05) is 73.7 Å². The van der Waals surface area contributed by atoms with Gasteiger partial charge in [0.2, 0.25) is 0 Å². The van der Waals surface area contributed by atoms with Gasteiger partial charge in [-0.05, 0) is 53.3 Å². The molecule has 5 heteroatoms. The largest absolute Gasteiger partial charge is 0.489 e. The molecule has 1 aliphatic carbocycles. The second-order valence-corrected chi connectivity index (χ2v) is 9.82. The number of hydrogen-bond donors (Lipinski definition) is 1. The minimum atomic E-state index is -0.636. The van der Waals surface area contributed by atoms with Crippen molar-refractivity contribution in [3.05, 3.63) is 101 Å². The number of allylic oxidation sites excluding steroid dienone is 2. The number of methoxy groups -OCH3 is 1. The molecule has 0 radical (unpaired) electrons. The predicted octanol–water partition coefficient (Wildman–Crippen LogP) is 6.64. The molecule has 1 N–H and O–H groups in total. The standard InChI is InChI=1S/C31H32FNO3/c1-19-15-16-26(31(34)35-3)30(32)29(19)27-17-22(36-28-14-7-6-12-25(27)28)18-33-20(2)23-13-8-10-21-9-4-5-11-24(21)23/h4-16,19-20,22,27,29,33H,17-18H2,1-3H3. The van der Waals surface area contributed by atoms with Crippen LogP contribution in [0.25, 0.3) is 10.8 Å². The number of hydrogen-bond acceptors (Lipinski definition) is 4. The fourth-order valence-corrected chi connectivity index (χ4v) is 5.72. The summed E-state index contributed by atoms with van der Waals surface area (Å²) in [6.07, 6.45) is 3.98. The van der Waals surface area contributed by atoms with E-state index < -0.39 is 17.7 Å². The van der Waals surface area contributed by atoms with E-state index in [1.165, 1.54) is 23.4 Å². The Balaban J connectivity index is 1.39. The third kappa shape index (κ3) is 4.56. The summed E-state index contributed by atoms with van der Waals surface area (Å²) in [5.41, 5.74) is 2.25. The number of benzene rings is 3. The second kappa shape index (κ2) is 10.3. The van der Waals surface area contributed by atoms with E-state index >= 15 is 4.39 Å². The van der Waals surface area contributed by atoms with Crippen LogP contribution in [0.2, 0.25) is 0 Å². The molecule has 0 spiro atoms. The zero-order valence-corrected chi connectivity index (χ0v) is 20.9. The molecule has 3 aromatic rings. The summed E-state index contributed by atoms with van der Waals surface area (Å²) in [4.78, 5) is 12.2. The number of fused-ring (bicyclic) bond motifs is 2. The highest BCUT2D eigenvalue weighted by molar-refractivity contribution is 5.92. The van der Waals surface area contributed by atoms with Crippen molar-refractivity contribution in [2.75, 3.05) is 13.7 Å². The van der Waals surface area contributed by atoms with Crippen LogP contribution in [0.1, 0.15) is 43.4 Å². The van der Waals surface area contributed by atoms with E-state index in [-0.39, 0.29) is 29.6 Å². The Morgan fingerprint density at radius 3 is 2.69 bits per heavy atom. The fraction of sp³-hybridized carbons (Fsp3) is 0.323. The Morgan fingerprint density at radius 2 is 1.86 bits per heavy atom. The molecule has 4 nitrogen and oxygen atoms in total. The van der Waals surface area contributed by atoms with E-state index in [1.807, 2.05) is 37.3 Å². The topological polar surface area (TPSA) is 47.6 Å². The number of carbonyl (C=O) groups is 1. The minimum absolute atomic E-state index is 0.0174. The summed E-state index contributed by atoms with van der Waals surface area (Å²) in [6, 6.07) is 22.8.